The fourth-order valence-corrected chi connectivity index (χ4v) is 4.21. The maximum atomic E-state index is 12.9. The molecule has 0 bridgehead atoms. The van der Waals surface area contributed by atoms with E-state index in [1.54, 1.807) is 48.5 Å². The Morgan fingerprint density at radius 2 is 1.31 bits per heavy atom. The van der Waals surface area contributed by atoms with Gasteiger partial charge < -0.3 is 9.47 Å². The summed E-state index contributed by atoms with van der Waals surface area (Å²) in [5.41, 5.74) is 2.91. The monoisotopic (exact) mass is 428 g/mol. The molecule has 0 radical (unpaired) electrons. The number of benzene rings is 3. The summed E-state index contributed by atoms with van der Waals surface area (Å²) in [6, 6.07) is 21.7. The molecular formula is C28H28O4. The van der Waals surface area contributed by atoms with Gasteiger partial charge in [-0.05, 0) is 60.6 Å². The molecule has 0 unspecified atom stereocenters. The largest absolute Gasteiger partial charge is 0.419 e. The molecule has 0 N–H and O–H groups in total. The van der Waals surface area contributed by atoms with Crippen molar-refractivity contribution in [3.05, 3.63) is 95.1 Å². The molecule has 4 heteroatoms. The third-order valence-electron chi connectivity index (χ3n) is 5.97. The molecule has 1 fully saturated rings. The van der Waals surface area contributed by atoms with Crippen molar-refractivity contribution in [2.75, 3.05) is 0 Å². The van der Waals surface area contributed by atoms with E-state index in [-0.39, 0.29) is 5.92 Å². The topological polar surface area (TPSA) is 52.6 Å². The number of rotatable bonds is 6. The molecule has 1 aliphatic carbocycles. The van der Waals surface area contributed by atoms with Gasteiger partial charge in [-0.2, -0.15) is 0 Å². The van der Waals surface area contributed by atoms with E-state index < -0.39 is 11.9 Å². The maximum Gasteiger partial charge on any atom is 0.343 e. The van der Waals surface area contributed by atoms with E-state index >= 15 is 0 Å². The van der Waals surface area contributed by atoms with Crippen LogP contribution in [0, 0.1) is 0 Å². The van der Waals surface area contributed by atoms with Gasteiger partial charge in [-0.3, -0.25) is 0 Å². The Hall–Kier alpha value is -3.40. The second-order valence-electron chi connectivity index (χ2n) is 8.58. The van der Waals surface area contributed by atoms with Crippen LogP contribution in [0.5, 0.6) is 11.5 Å². The van der Waals surface area contributed by atoms with Crippen LogP contribution in [0.1, 0.15) is 83.2 Å². The first-order valence-corrected chi connectivity index (χ1v) is 11.2. The third-order valence-corrected chi connectivity index (χ3v) is 5.97. The summed E-state index contributed by atoms with van der Waals surface area (Å²) >= 11 is 0. The van der Waals surface area contributed by atoms with Gasteiger partial charge in [0.1, 0.15) is 0 Å². The van der Waals surface area contributed by atoms with E-state index in [4.69, 9.17) is 9.47 Å². The highest BCUT2D eigenvalue weighted by molar-refractivity contribution is 5.93. The van der Waals surface area contributed by atoms with Crippen molar-refractivity contribution in [1.29, 1.82) is 0 Å². The fourth-order valence-electron chi connectivity index (χ4n) is 4.21. The lowest BCUT2D eigenvalue weighted by molar-refractivity contribution is 0.0680. The molecule has 0 heterocycles. The number of carbonyl (C=O) groups excluding carboxylic acids is 2. The summed E-state index contributed by atoms with van der Waals surface area (Å²) in [5, 5.41) is 0. The van der Waals surface area contributed by atoms with Crippen LogP contribution in [0.25, 0.3) is 0 Å². The second kappa shape index (κ2) is 9.82. The quantitative estimate of drug-likeness (QED) is 0.316. The molecule has 1 aliphatic rings. The molecule has 0 saturated heterocycles. The van der Waals surface area contributed by atoms with Crippen molar-refractivity contribution in [3.63, 3.8) is 0 Å². The Labute approximate surface area is 189 Å². The average Bonchev–Trinajstić information content (AvgIpc) is 3.36. The molecular weight excluding hydrogens is 400 g/mol. The first kappa shape index (κ1) is 21.8. The molecule has 32 heavy (non-hydrogen) atoms. The number of esters is 2. The van der Waals surface area contributed by atoms with Crippen LogP contribution in [-0.2, 0) is 0 Å². The van der Waals surface area contributed by atoms with Gasteiger partial charge in [0.15, 0.2) is 11.5 Å². The standard InChI is InChI=1S/C28H28O4/c1-19(2)24-17-23(20-11-9-10-12-20)18-25(31-27(29)21-13-5-3-6-14-21)26(24)32-28(30)22-15-7-4-8-16-22/h3-8,13-20H,9-12H2,1-2H3. The third kappa shape index (κ3) is 4.91. The van der Waals surface area contributed by atoms with Crippen LogP contribution >= 0.6 is 0 Å². The lowest BCUT2D eigenvalue weighted by Crippen LogP contribution is -2.15. The lowest BCUT2D eigenvalue weighted by atomic mass is 9.91. The summed E-state index contributed by atoms with van der Waals surface area (Å²) < 4.78 is 11.7. The van der Waals surface area contributed by atoms with Gasteiger partial charge in [0.25, 0.3) is 0 Å². The Morgan fingerprint density at radius 3 is 1.84 bits per heavy atom. The van der Waals surface area contributed by atoms with Crippen molar-refractivity contribution in [2.24, 2.45) is 0 Å². The van der Waals surface area contributed by atoms with Crippen molar-refractivity contribution in [2.45, 2.75) is 51.4 Å². The summed E-state index contributed by atoms with van der Waals surface area (Å²) in [6.45, 7) is 4.10. The molecule has 0 atom stereocenters. The molecule has 3 aromatic carbocycles. The summed E-state index contributed by atoms with van der Waals surface area (Å²) in [5.74, 6) is 0.194. The predicted molar refractivity (Wildman–Crippen MR) is 125 cm³/mol. The number of hydrogen-bond donors (Lipinski definition) is 0. The highest BCUT2D eigenvalue weighted by Crippen LogP contribution is 2.43. The SMILES string of the molecule is CC(C)c1cc(C2CCCC2)cc(OC(=O)c2ccccc2)c1OC(=O)c1ccccc1. The van der Waals surface area contributed by atoms with Gasteiger partial charge in [0.2, 0.25) is 0 Å². The Bertz CT molecular complexity index is 1080. The van der Waals surface area contributed by atoms with Crippen LogP contribution in [0.15, 0.2) is 72.8 Å². The van der Waals surface area contributed by atoms with Gasteiger partial charge in [-0.1, -0.05) is 69.2 Å². The van der Waals surface area contributed by atoms with E-state index in [0.29, 0.717) is 28.5 Å². The number of carbonyl (C=O) groups is 2. The van der Waals surface area contributed by atoms with Gasteiger partial charge >= 0.3 is 11.9 Å². The van der Waals surface area contributed by atoms with Crippen molar-refractivity contribution in [3.8, 4) is 11.5 Å². The zero-order valence-corrected chi connectivity index (χ0v) is 18.5. The van der Waals surface area contributed by atoms with Gasteiger partial charge in [0.05, 0.1) is 11.1 Å². The Balaban J connectivity index is 1.75. The van der Waals surface area contributed by atoms with Crippen LogP contribution in [0.4, 0.5) is 0 Å². The van der Waals surface area contributed by atoms with E-state index in [1.807, 2.05) is 18.2 Å². The molecule has 0 aliphatic heterocycles. The zero-order chi connectivity index (χ0) is 22.5. The second-order valence-corrected chi connectivity index (χ2v) is 8.58. The molecule has 0 aromatic heterocycles. The first-order chi connectivity index (χ1) is 15.5. The summed E-state index contributed by atoms with van der Waals surface area (Å²) in [7, 11) is 0. The lowest BCUT2D eigenvalue weighted by Gasteiger charge is -2.21. The minimum absolute atomic E-state index is 0.0871. The summed E-state index contributed by atoms with van der Waals surface area (Å²) in [6.07, 6.45) is 4.64. The number of ether oxygens (including phenoxy) is 2. The maximum absolute atomic E-state index is 12.9. The van der Waals surface area contributed by atoms with Crippen molar-refractivity contribution < 1.29 is 19.1 Å². The van der Waals surface area contributed by atoms with Crippen LogP contribution < -0.4 is 9.47 Å². The van der Waals surface area contributed by atoms with E-state index in [9.17, 15) is 9.59 Å². The Kier molecular flexibility index (Phi) is 6.69. The first-order valence-electron chi connectivity index (χ1n) is 11.2. The minimum Gasteiger partial charge on any atom is -0.419 e. The Morgan fingerprint density at radius 1 is 0.781 bits per heavy atom. The molecule has 3 aromatic rings. The fraction of sp³-hybridized carbons (Fsp3) is 0.286. The smallest absolute Gasteiger partial charge is 0.343 e. The minimum atomic E-state index is -0.474. The zero-order valence-electron chi connectivity index (χ0n) is 18.5. The molecule has 164 valence electrons. The van der Waals surface area contributed by atoms with Gasteiger partial charge in [-0.25, -0.2) is 9.59 Å². The van der Waals surface area contributed by atoms with E-state index in [0.717, 1.165) is 24.0 Å². The molecule has 0 amide bonds. The highest BCUT2D eigenvalue weighted by atomic mass is 16.6. The van der Waals surface area contributed by atoms with Gasteiger partial charge in [-0.15, -0.1) is 0 Å². The molecule has 4 rings (SSSR count). The molecule has 1 saturated carbocycles. The van der Waals surface area contributed by atoms with Gasteiger partial charge in [0, 0.05) is 5.56 Å². The normalized spacial score (nSPS) is 13.8. The highest BCUT2D eigenvalue weighted by Gasteiger charge is 2.26. The molecule has 4 nitrogen and oxygen atoms in total. The summed E-state index contributed by atoms with van der Waals surface area (Å²) in [4.78, 5) is 25.7. The van der Waals surface area contributed by atoms with Crippen LogP contribution in [0.2, 0.25) is 0 Å². The predicted octanol–water partition coefficient (Wildman–Crippen LogP) is 6.91. The van der Waals surface area contributed by atoms with E-state index in [2.05, 4.69) is 19.9 Å². The van der Waals surface area contributed by atoms with Crippen LogP contribution in [0.3, 0.4) is 0 Å². The van der Waals surface area contributed by atoms with Crippen molar-refractivity contribution >= 4 is 11.9 Å². The van der Waals surface area contributed by atoms with Crippen LogP contribution in [-0.4, -0.2) is 11.9 Å². The number of hydrogen-bond acceptors (Lipinski definition) is 4. The molecule has 0 spiro atoms. The van der Waals surface area contributed by atoms with E-state index in [1.165, 1.54) is 12.8 Å². The van der Waals surface area contributed by atoms with Crippen molar-refractivity contribution in [1.82, 2.24) is 0 Å². The average molecular weight is 429 g/mol.